The van der Waals surface area contributed by atoms with E-state index in [0.717, 1.165) is 6.42 Å². The number of ether oxygens (including phenoxy) is 2. The molecule has 0 aliphatic heterocycles. The van der Waals surface area contributed by atoms with Crippen LogP contribution in [0.25, 0.3) is 0 Å². The highest BCUT2D eigenvalue weighted by Gasteiger charge is 2.32. The molecule has 1 aliphatic rings. The van der Waals surface area contributed by atoms with Crippen molar-refractivity contribution in [1.82, 2.24) is 0 Å². The Morgan fingerprint density at radius 2 is 2.13 bits per heavy atom. The van der Waals surface area contributed by atoms with E-state index < -0.39 is 0 Å². The Hall–Kier alpha value is -0.570. The van der Waals surface area contributed by atoms with Crippen LogP contribution in [0.15, 0.2) is 24.3 Å². The summed E-state index contributed by atoms with van der Waals surface area (Å²) in [6.45, 7) is 1.88. The molecule has 15 heavy (non-hydrogen) atoms. The fraction of sp³-hybridized carbons (Fsp3) is 0.500. The molecule has 0 saturated heterocycles. The van der Waals surface area contributed by atoms with Gasteiger partial charge in [-0.05, 0) is 24.5 Å². The summed E-state index contributed by atoms with van der Waals surface area (Å²) in [5, 5.41) is 0.0139. The predicted molar refractivity (Wildman–Crippen MR) is 60.1 cm³/mol. The van der Waals surface area contributed by atoms with Gasteiger partial charge in [0.15, 0.2) is 6.29 Å². The number of hydrogen-bond acceptors (Lipinski definition) is 2. The number of methoxy groups -OCH3 is 1. The largest absolute Gasteiger partial charge is 0.356 e. The van der Waals surface area contributed by atoms with Crippen LogP contribution in [0.5, 0.6) is 0 Å². The van der Waals surface area contributed by atoms with Crippen LogP contribution in [-0.2, 0) is 15.9 Å². The number of benzene rings is 1. The van der Waals surface area contributed by atoms with Gasteiger partial charge in [0.25, 0.3) is 0 Å². The van der Waals surface area contributed by atoms with Gasteiger partial charge in [0, 0.05) is 7.11 Å². The van der Waals surface area contributed by atoms with Gasteiger partial charge in [-0.25, -0.2) is 0 Å². The van der Waals surface area contributed by atoms with Gasteiger partial charge in [0.1, 0.15) is 6.10 Å². The first-order chi connectivity index (χ1) is 7.22. The van der Waals surface area contributed by atoms with Gasteiger partial charge in [-0.2, -0.15) is 0 Å². The third-order valence-corrected chi connectivity index (χ3v) is 3.16. The summed E-state index contributed by atoms with van der Waals surface area (Å²) in [6, 6.07) is 8.22. The summed E-state index contributed by atoms with van der Waals surface area (Å²) < 4.78 is 10.8. The Labute approximate surface area is 95.1 Å². The Morgan fingerprint density at radius 3 is 2.87 bits per heavy atom. The van der Waals surface area contributed by atoms with E-state index in [1.165, 1.54) is 11.1 Å². The predicted octanol–water partition coefficient (Wildman–Crippen LogP) is 2.90. The van der Waals surface area contributed by atoms with E-state index in [-0.39, 0.29) is 17.8 Å². The summed E-state index contributed by atoms with van der Waals surface area (Å²) in [5.74, 6) is 0. The molecule has 0 fully saturated rings. The molecule has 82 valence electrons. The summed E-state index contributed by atoms with van der Waals surface area (Å²) in [7, 11) is 1.63. The summed E-state index contributed by atoms with van der Waals surface area (Å²) in [6.07, 6.45) is 0.610. The van der Waals surface area contributed by atoms with Crippen LogP contribution >= 0.6 is 11.6 Å². The monoisotopic (exact) mass is 226 g/mol. The second-order valence-electron chi connectivity index (χ2n) is 3.78. The van der Waals surface area contributed by atoms with Gasteiger partial charge in [0.2, 0.25) is 0 Å². The molecular formula is C12H15ClO2. The zero-order valence-corrected chi connectivity index (χ0v) is 9.70. The van der Waals surface area contributed by atoms with Gasteiger partial charge in [-0.15, -0.1) is 11.6 Å². The van der Waals surface area contributed by atoms with E-state index in [4.69, 9.17) is 21.1 Å². The van der Waals surface area contributed by atoms with Crippen molar-refractivity contribution in [2.75, 3.05) is 7.11 Å². The fourth-order valence-electron chi connectivity index (χ4n) is 1.93. The molecule has 3 unspecified atom stereocenters. The van der Waals surface area contributed by atoms with E-state index in [1.807, 2.05) is 19.1 Å². The number of alkyl halides is 1. The molecule has 3 heteroatoms. The molecule has 2 rings (SSSR count). The number of hydrogen-bond donors (Lipinski definition) is 0. The second kappa shape index (κ2) is 4.52. The quantitative estimate of drug-likeness (QED) is 0.583. The highest BCUT2D eigenvalue weighted by molar-refractivity contribution is 6.21. The maximum Gasteiger partial charge on any atom is 0.155 e. The first kappa shape index (κ1) is 10.9. The number of fused-ring (bicyclic) bond motifs is 1. The van der Waals surface area contributed by atoms with Crippen LogP contribution in [0.1, 0.15) is 24.2 Å². The van der Waals surface area contributed by atoms with Crippen molar-refractivity contribution >= 4 is 11.6 Å². The third-order valence-electron chi connectivity index (χ3n) is 2.78. The van der Waals surface area contributed by atoms with Gasteiger partial charge in [-0.3, -0.25) is 0 Å². The molecule has 0 heterocycles. The topological polar surface area (TPSA) is 18.5 Å². The minimum Gasteiger partial charge on any atom is -0.356 e. The fourth-order valence-corrected chi connectivity index (χ4v) is 2.29. The average Bonchev–Trinajstić information content (AvgIpc) is 2.55. The molecule has 1 aliphatic carbocycles. The van der Waals surface area contributed by atoms with Crippen LogP contribution in [0, 0.1) is 0 Å². The van der Waals surface area contributed by atoms with Crippen molar-refractivity contribution in [3.05, 3.63) is 35.4 Å². The van der Waals surface area contributed by atoms with Crippen LogP contribution in [0.2, 0.25) is 0 Å². The third kappa shape index (κ3) is 2.17. The van der Waals surface area contributed by atoms with Crippen LogP contribution < -0.4 is 0 Å². The highest BCUT2D eigenvalue weighted by atomic mass is 35.5. The van der Waals surface area contributed by atoms with Crippen molar-refractivity contribution in [2.45, 2.75) is 31.1 Å². The SMILES string of the molecule is COC(C)OC1c2ccccc2CC1Cl. The van der Waals surface area contributed by atoms with Crippen molar-refractivity contribution in [1.29, 1.82) is 0 Å². The summed E-state index contributed by atoms with van der Waals surface area (Å²) >= 11 is 6.26. The first-order valence-corrected chi connectivity index (χ1v) is 5.56. The lowest BCUT2D eigenvalue weighted by Crippen LogP contribution is -2.19. The van der Waals surface area contributed by atoms with E-state index in [2.05, 4.69) is 12.1 Å². The van der Waals surface area contributed by atoms with Gasteiger partial charge >= 0.3 is 0 Å². The Bertz CT molecular complexity index is 340. The molecule has 3 atom stereocenters. The molecule has 0 spiro atoms. The highest BCUT2D eigenvalue weighted by Crippen LogP contribution is 2.38. The number of halogens is 1. The molecule has 0 aromatic heterocycles. The second-order valence-corrected chi connectivity index (χ2v) is 4.34. The Morgan fingerprint density at radius 1 is 1.40 bits per heavy atom. The van der Waals surface area contributed by atoms with Crippen molar-refractivity contribution in [3.63, 3.8) is 0 Å². The van der Waals surface area contributed by atoms with Gasteiger partial charge in [0.05, 0.1) is 5.38 Å². The smallest absolute Gasteiger partial charge is 0.155 e. The van der Waals surface area contributed by atoms with E-state index in [1.54, 1.807) is 7.11 Å². The number of rotatable bonds is 3. The molecule has 1 aromatic carbocycles. The molecule has 0 bridgehead atoms. The maximum absolute atomic E-state index is 6.26. The zero-order chi connectivity index (χ0) is 10.8. The molecule has 0 amide bonds. The maximum atomic E-state index is 6.26. The van der Waals surface area contributed by atoms with Gasteiger partial charge < -0.3 is 9.47 Å². The van der Waals surface area contributed by atoms with Crippen molar-refractivity contribution in [2.24, 2.45) is 0 Å². The molecule has 2 nitrogen and oxygen atoms in total. The molecule has 1 aromatic rings. The van der Waals surface area contributed by atoms with Gasteiger partial charge in [-0.1, -0.05) is 24.3 Å². The Balaban J connectivity index is 2.18. The molecule has 0 N–H and O–H groups in total. The lowest BCUT2D eigenvalue weighted by Gasteiger charge is -2.20. The van der Waals surface area contributed by atoms with E-state index in [9.17, 15) is 0 Å². The molecule has 0 saturated carbocycles. The van der Waals surface area contributed by atoms with Crippen LogP contribution in [-0.4, -0.2) is 18.8 Å². The van der Waals surface area contributed by atoms with E-state index >= 15 is 0 Å². The van der Waals surface area contributed by atoms with Crippen molar-refractivity contribution < 1.29 is 9.47 Å². The van der Waals surface area contributed by atoms with E-state index in [0.29, 0.717) is 0 Å². The normalized spacial score (nSPS) is 26.3. The minimum absolute atomic E-state index is 0.0139. The van der Waals surface area contributed by atoms with Crippen LogP contribution in [0.4, 0.5) is 0 Å². The Kier molecular flexibility index (Phi) is 3.29. The van der Waals surface area contributed by atoms with Crippen molar-refractivity contribution in [3.8, 4) is 0 Å². The molecular weight excluding hydrogens is 212 g/mol. The lowest BCUT2D eigenvalue weighted by molar-refractivity contribution is -0.144. The lowest BCUT2D eigenvalue weighted by atomic mass is 10.1. The average molecular weight is 227 g/mol. The standard InChI is InChI=1S/C12H15ClO2/c1-8(14-2)15-12-10-6-4-3-5-9(10)7-11(12)13/h3-6,8,11-12H,7H2,1-2H3. The summed E-state index contributed by atoms with van der Waals surface area (Å²) in [5.41, 5.74) is 2.48. The zero-order valence-electron chi connectivity index (χ0n) is 8.94. The molecule has 0 radical (unpaired) electrons. The minimum atomic E-state index is -0.220. The summed E-state index contributed by atoms with van der Waals surface area (Å²) in [4.78, 5) is 0. The van der Waals surface area contributed by atoms with Crippen LogP contribution in [0.3, 0.4) is 0 Å². The first-order valence-electron chi connectivity index (χ1n) is 5.12.